The van der Waals surface area contributed by atoms with Gasteiger partial charge in [0.25, 0.3) is 0 Å². The van der Waals surface area contributed by atoms with Crippen LogP contribution < -0.4 is 16.0 Å². The Morgan fingerprint density at radius 3 is 3.00 bits per heavy atom. The predicted octanol–water partition coefficient (Wildman–Crippen LogP) is 1.04. The van der Waals surface area contributed by atoms with Crippen molar-refractivity contribution in [2.75, 3.05) is 36.0 Å². The summed E-state index contributed by atoms with van der Waals surface area (Å²) in [6, 6.07) is 1.81. The zero-order chi connectivity index (χ0) is 16.8. The van der Waals surface area contributed by atoms with Crippen LogP contribution in [0.2, 0.25) is 0 Å². The maximum Gasteiger partial charge on any atom is 0.230 e. The minimum atomic E-state index is 0.00172. The third kappa shape index (κ3) is 4.78. The van der Waals surface area contributed by atoms with Crippen LogP contribution in [0, 0.1) is 5.92 Å². The van der Waals surface area contributed by atoms with Crippen LogP contribution in [-0.2, 0) is 4.79 Å². The van der Waals surface area contributed by atoms with Gasteiger partial charge in [-0.1, -0.05) is 23.1 Å². The number of piperidine rings is 1. The molecule has 1 atom stereocenters. The number of rotatable bonds is 6. The molecule has 0 aliphatic carbocycles. The van der Waals surface area contributed by atoms with E-state index in [9.17, 15) is 4.79 Å². The number of carbonyl (C=O) groups excluding carboxylic acids is 1. The summed E-state index contributed by atoms with van der Waals surface area (Å²) in [4.78, 5) is 22.8. The summed E-state index contributed by atoms with van der Waals surface area (Å²) in [5, 5.41) is 11.0. The molecule has 8 nitrogen and oxygen atoms in total. The number of thioether (sulfide) groups is 1. The number of nitrogens with zero attached hydrogens (tertiary/aromatic N) is 5. The van der Waals surface area contributed by atoms with Gasteiger partial charge in [-0.3, -0.25) is 4.79 Å². The maximum atomic E-state index is 12.0. The van der Waals surface area contributed by atoms with Crippen LogP contribution in [0.5, 0.6) is 0 Å². The van der Waals surface area contributed by atoms with Gasteiger partial charge in [-0.25, -0.2) is 9.97 Å². The zero-order valence-electron chi connectivity index (χ0n) is 13.1. The molecule has 0 aromatic carbocycles. The van der Waals surface area contributed by atoms with E-state index in [0.717, 1.165) is 31.9 Å². The normalized spacial score (nSPS) is 17.7. The predicted molar refractivity (Wildman–Crippen MR) is 95.0 cm³/mol. The molecule has 1 saturated heterocycles. The summed E-state index contributed by atoms with van der Waals surface area (Å²) in [6.45, 7) is 2.49. The molecule has 0 bridgehead atoms. The molecular formula is C14H19N7OS2. The Bertz CT molecular complexity index is 666. The average molecular weight is 365 g/mol. The number of amides is 1. The van der Waals surface area contributed by atoms with Gasteiger partial charge < -0.3 is 16.0 Å². The number of nitrogen functional groups attached to an aromatic ring is 1. The molecule has 0 saturated carbocycles. The highest BCUT2D eigenvalue weighted by Crippen LogP contribution is 2.23. The number of aromatic nitrogens is 4. The van der Waals surface area contributed by atoms with Gasteiger partial charge in [-0.15, -0.1) is 10.2 Å². The fourth-order valence-corrected chi connectivity index (χ4v) is 4.05. The first-order chi connectivity index (χ1) is 11.7. The van der Waals surface area contributed by atoms with Gasteiger partial charge in [0, 0.05) is 32.0 Å². The Morgan fingerprint density at radius 2 is 2.25 bits per heavy atom. The topological polar surface area (TPSA) is 110 Å². The molecule has 2 aromatic rings. The Labute approximate surface area is 148 Å². The first kappa shape index (κ1) is 16.9. The smallest absolute Gasteiger partial charge is 0.230 e. The largest absolute Gasteiger partial charge is 0.374 e. The van der Waals surface area contributed by atoms with Crippen molar-refractivity contribution < 1.29 is 4.79 Å². The molecule has 10 heteroatoms. The lowest BCUT2D eigenvalue weighted by Gasteiger charge is -2.32. The molecule has 3 N–H and O–H groups in total. The lowest BCUT2D eigenvalue weighted by Crippen LogP contribution is -2.42. The standard InChI is InChI=1S/C14H19N7OS2/c15-12-19-20-14(24-12)23-9-11(22)18-7-10-3-1-6-21(8-10)13-16-4-2-5-17-13/h2,4-5,10H,1,3,6-9H2,(H2,15,19)(H,18,22)/t10-/m1/s1. The van der Waals surface area contributed by atoms with Crippen molar-refractivity contribution in [1.29, 1.82) is 0 Å². The number of nitrogens with two attached hydrogens (primary N) is 1. The second-order valence-corrected chi connectivity index (χ2v) is 7.73. The van der Waals surface area contributed by atoms with Crippen LogP contribution in [0.1, 0.15) is 12.8 Å². The molecule has 1 amide bonds. The van der Waals surface area contributed by atoms with Gasteiger partial charge in [0.1, 0.15) is 0 Å². The zero-order valence-corrected chi connectivity index (χ0v) is 14.7. The van der Waals surface area contributed by atoms with E-state index in [1.807, 2.05) is 6.07 Å². The van der Waals surface area contributed by atoms with Crippen LogP contribution in [0.3, 0.4) is 0 Å². The van der Waals surface area contributed by atoms with E-state index in [4.69, 9.17) is 5.73 Å². The second kappa shape index (κ2) is 8.25. The van der Waals surface area contributed by atoms with Gasteiger partial charge in [0.2, 0.25) is 17.0 Å². The number of carbonyl (C=O) groups is 1. The van der Waals surface area contributed by atoms with Gasteiger partial charge in [0.05, 0.1) is 5.75 Å². The van der Waals surface area contributed by atoms with E-state index in [1.54, 1.807) is 12.4 Å². The molecule has 1 fully saturated rings. The van der Waals surface area contributed by atoms with Gasteiger partial charge in [-0.05, 0) is 24.8 Å². The number of anilines is 2. The SMILES string of the molecule is Nc1nnc(SCC(=O)NC[C@H]2CCCN(c3ncccn3)C2)s1. The Kier molecular flexibility index (Phi) is 5.81. The van der Waals surface area contributed by atoms with Crippen molar-refractivity contribution in [2.24, 2.45) is 5.92 Å². The van der Waals surface area contributed by atoms with Gasteiger partial charge in [0.15, 0.2) is 4.34 Å². The molecular weight excluding hydrogens is 346 g/mol. The third-order valence-electron chi connectivity index (χ3n) is 3.69. The van der Waals surface area contributed by atoms with Crippen LogP contribution in [0.25, 0.3) is 0 Å². The van der Waals surface area contributed by atoms with E-state index in [-0.39, 0.29) is 5.91 Å². The Hall–Kier alpha value is -1.94. The van der Waals surface area contributed by atoms with Crippen molar-refractivity contribution >= 4 is 40.1 Å². The van der Waals surface area contributed by atoms with Crippen LogP contribution >= 0.6 is 23.1 Å². The van der Waals surface area contributed by atoms with Crippen LogP contribution in [0.15, 0.2) is 22.8 Å². The first-order valence-corrected chi connectivity index (χ1v) is 9.51. The Balaban J connectivity index is 1.41. The molecule has 1 aliphatic rings. The highest BCUT2D eigenvalue weighted by Gasteiger charge is 2.22. The molecule has 0 spiro atoms. The van der Waals surface area contributed by atoms with Gasteiger partial charge in [-0.2, -0.15) is 0 Å². The molecule has 0 radical (unpaired) electrons. The lowest BCUT2D eigenvalue weighted by atomic mass is 9.98. The van der Waals surface area contributed by atoms with Crippen molar-refractivity contribution in [3.63, 3.8) is 0 Å². The molecule has 1 aliphatic heterocycles. The molecule has 24 heavy (non-hydrogen) atoms. The molecule has 128 valence electrons. The number of hydrogen-bond acceptors (Lipinski definition) is 9. The highest BCUT2D eigenvalue weighted by molar-refractivity contribution is 8.01. The van der Waals surface area contributed by atoms with Crippen molar-refractivity contribution in [3.05, 3.63) is 18.5 Å². The summed E-state index contributed by atoms with van der Waals surface area (Å²) < 4.78 is 0.715. The van der Waals surface area contributed by atoms with Crippen molar-refractivity contribution in [1.82, 2.24) is 25.5 Å². The summed E-state index contributed by atoms with van der Waals surface area (Å²) in [7, 11) is 0. The quantitative estimate of drug-likeness (QED) is 0.731. The minimum absolute atomic E-state index is 0.00172. The van der Waals surface area contributed by atoms with E-state index < -0.39 is 0 Å². The molecule has 3 heterocycles. The molecule has 2 aromatic heterocycles. The van der Waals surface area contributed by atoms with Crippen molar-refractivity contribution in [2.45, 2.75) is 17.2 Å². The maximum absolute atomic E-state index is 12.0. The van der Waals surface area contributed by atoms with E-state index in [2.05, 4.69) is 30.4 Å². The van der Waals surface area contributed by atoms with Crippen molar-refractivity contribution in [3.8, 4) is 0 Å². The van der Waals surface area contributed by atoms with Crippen LogP contribution in [-0.4, -0.2) is 51.5 Å². The van der Waals surface area contributed by atoms with E-state index in [0.29, 0.717) is 27.7 Å². The fourth-order valence-electron chi connectivity index (χ4n) is 2.58. The molecule has 3 rings (SSSR count). The lowest BCUT2D eigenvalue weighted by molar-refractivity contribution is -0.118. The monoisotopic (exact) mass is 365 g/mol. The first-order valence-electron chi connectivity index (χ1n) is 7.71. The summed E-state index contributed by atoms with van der Waals surface area (Å²) in [5.74, 6) is 1.50. The summed E-state index contributed by atoms with van der Waals surface area (Å²) in [5.41, 5.74) is 5.52. The summed E-state index contributed by atoms with van der Waals surface area (Å²) >= 11 is 2.65. The van der Waals surface area contributed by atoms with Gasteiger partial charge >= 0.3 is 0 Å². The van der Waals surface area contributed by atoms with E-state index >= 15 is 0 Å². The number of nitrogens with one attached hydrogen (secondary N) is 1. The third-order valence-corrected chi connectivity index (χ3v) is 5.58. The Morgan fingerprint density at radius 1 is 1.42 bits per heavy atom. The number of hydrogen-bond donors (Lipinski definition) is 2. The fraction of sp³-hybridized carbons (Fsp3) is 0.500. The van der Waals surface area contributed by atoms with Crippen LogP contribution in [0.4, 0.5) is 11.1 Å². The van der Waals surface area contributed by atoms with E-state index in [1.165, 1.54) is 23.1 Å². The second-order valence-electron chi connectivity index (χ2n) is 5.50. The average Bonchev–Trinajstić information content (AvgIpc) is 3.04. The highest BCUT2D eigenvalue weighted by atomic mass is 32.2. The molecule has 0 unspecified atom stereocenters. The summed E-state index contributed by atoms with van der Waals surface area (Å²) in [6.07, 6.45) is 5.69. The minimum Gasteiger partial charge on any atom is -0.374 e.